The van der Waals surface area contributed by atoms with Gasteiger partial charge in [0.25, 0.3) is 0 Å². The maximum Gasteiger partial charge on any atom is 0.237 e. The minimum Gasteiger partial charge on any atom is -0.344 e. The maximum atomic E-state index is 12.1. The summed E-state index contributed by atoms with van der Waals surface area (Å²) >= 11 is 0. The van der Waals surface area contributed by atoms with E-state index in [1.54, 1.807) is 0 Å². The summed E-state index contributed by atoms with van der Waals surface area (Å²) in [7, 11) is 0. The molecule has 1 amide bonds. The molecule has 2 aromatic rings. The zero-order valence-electron chi connectivity index (χ0n) is 12.6. The van der Waals surface area contributed by atoms with Crippen LogP contribution in [-0.4, -0.2) is 24.3 Å². The van der Waals surface area contributed by atoms with E-state index >= 15 is 0 Å². The molecule has 0 aliphatic heterocycles. The molecule has 3 N–H and O–H groups in total. The summed E-state index contributed by atoms with van der Waals surface area (Å²) in [6, 6.07) is 17.7. The zero-order chi connectivity index (χ0) is 15.8. The van der Waals surface area contributed by atoms with Gasteiger partial charge in [0.05, 0.1) is 12.1 Å². The van der Waals surface area contributed by atoms with Crippen molar-refractivity contribution in [3.05, 3.63) is 71.8 Å². The standard InChI is InChI=1S/C18H19N2O2.Mn/c19-17(12-15-9-5-2-6-10-15)18(22)20-16(13-21)11-14-7-3-1-4-8-14;/h1-10,16-17H,11-12,19H2,(H,20,22);. The first-order chi connectivity index (χ1) is 10.7. The van der Waals surface area contributed by atoms with Crippen molar-refractivity contribution >= 4 is 12.2 Å². The van der Waals surface area contributed by atoms with Crippen LogP contribution in [0.25, 0.3) is 0 Å². The zero-order valence-corrected chi connectivity index (χ0v) is 13.8. The number of hydrogen-bond donors (Lipinski definition) is 2. The second-order valence-electron chi connectivity index (χ2n) is 5.16. The number of rotatable bonds is 7. The van der Waals surface area contributed by atoms with E-state index in [1.807, 2.05) is 66.9 Å². The number of carbonyl (C=O) groups is 1. The first-order valence-electron chi connectivity index (χ1n) is 7.20. The molecule has 5 heteroatoms. The Labute approximate surface area is 146 Å². The molecule has 0 aliphatic carbocycles. The number of nitrogens with two attached hydrogens (primary N) is 1. The van der Waals surface area contributed by atoms with Gasteiger partial charge in [-0.2, -0.15) is 0 Å². The summed E-state index contributed by atoms with van der Waals surface area (Å²) in [4.78, 5) is 23.1. The first kappa shape index (κ1) is 19.1. The van der Waals surface area contributed by atoms with Crippen molar-refractivity contribution in [3.63, 3.8) is 0 Å². The predicted octanol–water partition coefficient (Wildman–Crippen LogP) is 1.39. The Hall–Kier alpha value is -1.94. The number of hydrogen-bond acceptors (Lipinski definition) is 3. The van der Waals surface area contributed by atoms with Crippen molar-refractivity contribution in [1.82, 2.24) is 5.32 Å². The van der Waals surface area contributed by atoms with Crippen LogP contribution in [0.2, 0.25) is 0 Å². The molecule has 0 saturated carbocycles. The molecule has 0 saturated heterocycles. The third-order valence-corrected chi connectivity index (χ3v) is 3.38. The molecule has 0 fully saturated rings. The quantitative estimate of drug-likeness (QED) is 0.742. The van der Waals surface area contributed by atoms with Gasteiger partial charge < -0.3 is 11.1 Å². The molecule has 120 valence electrons. The molecule has 23 heavy (non-hydrogen) atoms. The fourth-order valence-electron chi connectivity index (χ4n) is 2.21. The smallest absolute Gasteiger partial charge is 0.237 e. The first-order valence-corrected chi connectivity index (χ1v) is 7.20. The molecular formula is C18H19MnN2O2. The van der Waals surface area contributed by atoms with Crippen LogP contribution in [0.4, 0.5) is 0 Å². The molecule has 2 unspecified atom stereocenters. The van der Waals surface area contributed by atoms with Crippen LogP contribution in [-0.2, 0) is 39.5 Å². The molecule has 0 heterocycles. The van der Waals surface area contributed by atoms with Crippen molar-refractivity contribution in [1.29, 1.82) is 0 Å². The summed E-state index contributed by atoms with van der Waals surface area (Å²) in [5.41, 5.74) is 7.86. The largest absolute Gasteiger partial charge is 0.344 e. The monoisotopic (exact) mass is 350 g/mol. The van der Waals surface area contributed by atoms with Gasteiger partial charge in [0, 0.05) is 23.5 Å². The maximum absolute atomic E-state index is 12.1. The third-order valence-electron chi connectivity index (χ3n) is 3.38. The van der Waals surface area contributed by atoms with Gasteiger partial charge >= 0.3 is 0 Å². The Morgan fingerprint density at radius 2 is 1.43 bits per heavy atom. The molecule has 0 bridgehead atoms. The summed E-state index contributed by atoms with van der Waals surface area (Å²) in [5, 5.41) is 2.65. The van der Waals surface area contributed by atoms with E-state index in [-0.39, 0.29) is 23.0 Å². The van der Waals surface area contributed by atoms with E-state index < -0.39 is 12.1 Å². The Bertz CT molecular complexity index is 605. The van der Waals surface area contributed by atoms with Gasteiger partial charge in [0.15, 0.2) is 0 Å². The molecule has 2 radical (unpaired) electrons. The van der Waals surface area contributed by atoms with Crippen LogP contribution in [0, 0.1) is 0 Å². The number of benzene rings is 2. The van der Waals surface area contributed by atoms with Crippen molar-refractivity contribution in [2.75, 3.05) is 0 Å². The summed E-state index contributed by atoms with van der Waals surface area (Å²) in [6.45, 7) is 0. The summed E-state index contributed by atoms with van der Waals surface area (Å²) in [5.74, 6) is -0.340. The predicted molar refractivity (Wildman–Crippen MR) is 85.9 cm³/mol. The average molecular weight is 350 g/mol. The Morgan fingerprint density at radius 3 is 1.91 bits per heavy atom. The van der Waals surface area contributed by atoms with Crippen LogP contribution >= 0.6 is 0 Å². The minimum atomic E-state index is -0.686. The fourth-order valence-corrected chi connectivity index (χ4v) is 2.21. The van der Waals surface area contributed by atoms with Crippen LogP contribution in [0.1, 0.15) is 11.1 Å². The van der Waals surface area contributed by atoms with Gasteiger partial charge in [-0.05, 0) is 17.5 Å². The molecular weight excluding hydrogens is 331 g/mol. The minimum absolute atomic E-state index is 0. The van der Waals surface area contributed by atoms with Gasteiger partial charge in [-0.25, -0.2) is 0 Å². The van der Waals surface area contributed by atoms with E-state index in [9.17, 15) is 9.59 Å². The molecule has 2 rings (SSSR count). The Balaban J connectivity index is 0.00000264. The van der Waals surface area contributed by atoms with Gasteiger partial charge in [0.2, 0.25) is 12.2 Å². The van der Waals surface area contributed by atoms with Crippen LogP contribution < -0.4 is 11.1 Å². The number of amides is 1. The van der Waals surface area contributed by atoms with Crippen LogP contribution in [0.5, 0.6) is 0 Å². The molecule has 0 aliphatic rings. The van der Waals surface area contributed by atoms with E-state index in [2.05, 4.69) is 5.32 Å². The van der Waals surface area contributed by atoms with Crippen molar-refractivity contribution < 1.29 is 26.7 Å². The third kappa shape index (κ3) is 6.37. The topological polar surface area (TPSA) is 72.2 Å². The number of carbonyl (C=O) groups excluding carboxylic acids is 2. The van der Waals surface area contributed by atoms with E-state index in [0.29, 0.717) is 12.8 Å². The van der Waals surface area contributed by atoms with Crippen molar-refractivity contribution in [2.24, 2.45) is 5.73 Å². The SMILES string of the molecule is NC(Cc1ccccc1)C(=O)NC([C]=O)Cc1ccccc1.[Mn]. The van der Waals surface area contributed by atoms with Gasteiger partial charge in [-0.15, -0.1) is 0 Å². The molecule has 0 aromatic heterocycles. The Morgan fingerprint density at radius 1 is 0.957 bits per heavy atom. The molecule has 0 spiro atoms. The van der Waals surface area contributed by atoms with Crippen LogP contribution in [0.3, 0.4) is 0 Å². The molecule has 2 aromatic carbocycles. The summed E-state index contributed by atoms with van der Waals surface area (Å²) in [6.07, 6.45) is 2.71. The van der Waals surface area contributed by atoms with E-state index in [4.69, 9.17) is 5.73 Å². The second kappa shape index (κ2) is 9.95. The van der Waals surface area contributed by atoms with E-state index in [1.165, 1.54) is 0 Å². The molecule has 4 nitrogen and oxygen atoms in total. The fraction of sp³-hybridized carbons (Fsp3) is 0.222. The van der Waals surface area contributed by atoms with E-state index in [0.717, 1.165) is 11.1 Å². The number of nitrogens with one attached hydrogen (secondary N) is 1. The summed E-state index contributed by atoms with van der Waals surface area (Å²) < 4.78 is 0. The average Bonchev–Trinajstić information content (AvgIpc) is 2.56. The van der Waals surface area contributed by atoms with Crippen LogP contribution in [0.15, 0.2) is 60.7 Å². The van der Waals surface area contributed by atoms with Gasteiger partial charge in [-0.3, -0.25) is 9.59 Å². The van der Waals surface area contributed by atoms with Gasteiger partial charge in [-0.1, -0.05) is 60.7 Å². The Kier molecular flexibility index (Phi) is 8.27. The second-order valence-corrected chi connectivity index (χ2v) is 5.16. The normalized spacial score (nSPS) is 12.6. The van der Waals surface area contributed by atoms with Crippen molar-refractivity contribution in [3.8, 4) is 0 Å². The van der Waals surface area contributed by atoms with Gasteiger partial charge in [0.1, 0.15) is 0 Å². The van der Waals surface area contributed by atoms with Crippen molar-refractivity contribution in [2.45, 2.75) is 24.9 Å². The molecule has 2 atom stereocenters.